The molecular formula is C7H10N2O2. The summed E-state index contributed by atoms with van der Waals surface area (Å²) in [5.74, 6) is 0. The van der Waals surface area contributed by atoms with Crippen molar-refractivity contribution in [1.29, 1.82) is 0 Å². The Labute approximate surface area is 64.1 Å². The van der Waals surface area contributed by atoms with Crippen LogP contribution in [0.25, 0.3) is 0 Å². The first-order valence-electron chi connectivity index (χ1n) is 3.33. The number of aryl methyl sites for hydroxylation is 2. The van der Waals surface area contributed by atoms with E-state index in [-0.39, 0.29) is 12.2 Å². The van der Waals surface area contributed by atoms with Gasteiger partial charge in [0.05, 0.1) is 6.54 Å². The quantitative estimate of drug-likeness (QED) is 0.549. The molecule has 1 aromatic rings. The molecule has 11 heavy (non-hydrogen) atoms. The maximum absolute atomic E-state index is 11.1. The SMILES string of the molecule is Cc1cn(C)c(=O)n1CC=O. The number of rotatable bonds is 2. The molecule has 0 aliphatic heterocycles. The summed E-state index contributed by atoms with van der Waals surface area (Å²) in [4.78, 5) is 21.3. The average molecular weight is 154 g/mol. The molecule has 0 saturated carbocycles. The van der Waals surface area contributed by atoms with Crippen molar-refractivity contribution in [3.05, 3.63) is 22.4 Å². The lowest BCUT2D eigenvalue weighted by Gasteiger charge is -1.94. The van der Waals surface area contributed by atoms with E-state index in [4.69, 9.17) is 0 Å². The van der Waals surface area contributed by atoms with E-state index in [1.165, 1.54) is 9.13 Å². The van der Waals surface area contributed by atoms with E-state index in [0.29, 0.717) is 6.29 Å². The van der Waals surface area contributed by atoms with Crippen LogP contribution in [-0.4, -0.2) is 15.4 Å². The highest BCUT2D eigenvalue weighted by Gasteiger charge is 2.02. The molecular weight excluding hydrogens is 144 g/mol. The van der Waals surface area contributed by atoms with E-state index in [1.807, 2.05) is 0 Å². The van der Waals surface area contributed by atoms with Gasteiger partial charge in [0.1, 0.15) is 6.29 Å². The van der Waals surface area contributed by atoms with Crippen molar-refractivity contribution in [2.24, 2.45) is 7.05 Å². The van der Waals surface area contributed by atoms with Crippen LogP contribution in [0.3, 0.4) is 0 Å². The van der Waals surface area contributed by atoms with Gasteiger partial charge in [0.15, 0.2) is 0 Å². The number of nitrogens with zero attached hydrogens (tertiary/aromatic N) is 2. The third-order valence-corrected chi connectivity index (χ3v) is 1.60. The van der Waals surface area contributed by atoms with Gasteiger partial charge in [0, 0.05) is 18.9 Å². The van der Waals surface area contributed by atoms with E-state index in [9.17, 15) is 9.59 Å². The monoisotopic (exact) mass is 154 g/mol. The van der Waals surface area contributed by atoms with Crippen LogP contribution >= 0.6 is 0 Å². The number of aromatic nitrogens is 2. The van der Waals surface area contributed by atoms with Gasteiger partial charge >= 0.3 is 5.69 Å². The second-order valence-corrected chi connectivity index (χ2v) is 2.44. The Bertz CT molecular complexity index is 322. The van der Waals surface area contributed by atoms with Gasteiger partial charge in [-0.25, -0.2) is 4.79 Å². The third kappa shape index (κ3) is 1.24. The van der Waals surface area contributed by atoms with E-state index < -0.39 is 0 Å². The minimum absolute atomic E-state index is 0.144. The summed E-state index contributed by atoms with van der Waals surface area (Å²) in [7, 11) is 1.66. The standard InChI is InChI=1S/C7H10N2O2/c1-6-5-8(2)7(11)9(6)3-4-10/h4-5H,3H2,1-2H3. The molecule has 0 radical (unpaired) electrons. The fourth-order valence-electron chi connectivity index (χ4n) is 1.04. The number of imidazole rings is 1. The zero-order chi connectivity index (χ0) is 8.43. The Morgan fingerprint density at radius 1 is 1.64 bits per heavy atom. The fraction of sp³-hybridized carbons (Fsp3) is 0.429. The zero-order valence-electron chi connectivity index (χ0n) is 6.57. The lowest BCUT2D eigenvalue weighted by Crippen LogP contribution is -2.23. The predicted octanol–water partition coefficient (Wildman–Crippen LogP) is -0.306. The van der Waals surface area contributed by atoms with E-state index in [2.05, 4.69) is 0 Å². The molecule has 1 rings (SSSR count). The molecule has 0 unspecified atom stereocenters. The van der Waals surface area contributed by atoms with Crippen molar-refractivity contribution < 1.29 is 4.79 Å². The number of carbonyl (C=O) groups is 1. The first-order chi connectivity index (χ1) is 5.16. The summed E-state index contributed by atoms with van der Waals surface area (Å²) in [5.41, 5.74) is 0.666. The third-order valence-electron chi connectivity index (χ3n) is 1.60. The average Bonchev–Trinajstić information content (AvgIpc) is 2.17. The largest absolute Gasteiger partial charge is 0.328 e. The van der Waals surface area contributed by atoms with E-state index in [1.54, 1.807) is 20.2 Å². The molecule has 0 spiro atoms. The summed E-state index contributed by atoms with van der Waals surface area (Å²) in [6.45, 7) is 1.94. The van der Waals surface area contributed by atoms with Crippen molar-refractivity contribution in [3.8, 4) is 0 Å². The Kier molecular flexibility index (Phi) is 1.94. The molecule has 4 nitrogen and oxygen atoms in total. The minimum atomic E-state index is -0.144. The molecule has 0 N–H and O–H groups in total. The summed E-state index contributed by atoms with van der Waals surface area (Å²) in [6.07, 6.45) is 2.42. The zero-order valence-corrected chi connectivity index (χ0v) is 6.57. The molecule has 0 atom stereocenters. The lowest BCUT2D eigenvalue weighted by atomic mass is 10.5. The van der Waals surface area contributed by atoms with Crippen molar-refractivity contribution in [3.63, 3.8) is 0 Å². The Morgan fingerprint density at radius 3 is 2.64 bits per heavy atom. The molecule has 0 aromatic carbocycles. The molecule has 0 aliphatic carbocycles. The molecule has 4 heteroatoms. The first-order valence-corrected chi connectivity index (χ1v) is 3.33. The molecule has 1 heterocycles. The number of hydrogen-bond acceptors (Lipinski definition) is 2. The molecule has 0 amide bonds. The van der Waals surface area contributed by atoms with Crippen molar-refractivity contribution in [2.45, 2.75) is 13.5 Å². The van der Waals surface area contributed by atoms with Crippen LogP contribution in [0.4, 0.5) is 0 Å². The van der Waals surface area contributed by atoms with Crippen molar-refractivity contribution >= 4 is 6.29 Å². The first kappa shape index (κ1) is 7.78. The highest BCUT2D eigenvalue weighted by atomic mass is 16.2. The number of hydrogen-bond donors (Lipinski definition) is 0. The second kappa shape index (κ2) is 2.74. The summed E-state index contributed by atoms with van der Waals surface area (Å²) in [6, 6.07) is 0. The molecule has 0 aliphatic rings. The van der Waals surface area contributed by atoms with Gasteiger partial charge < -0.3 is 9.36 Å². The van der Waals surface area contributed by atoms with Gasteiger partial charge in [-0.05, 0) is 6.92 Å². The van der Waals surface area contributed by atoms with Crippen LogP contribution in [0.1, 0.15) is 5.69 Å². The molecule has 0 saturated heterocycles. The normalized spacial score (nSPS) is 10.0. The molecule has 60 valence electrons. The van der Waals surface area contributed by atoms with Crippen LogP contribution in [0.2, 0.25) is 0 Å². The summed E-state index contributed by atoms with van der Waals surface area (Å²) < 4.78 is 2.88. The Hall–Kier alpha value is -1.32. The maximum Gasteiger partial charge on any atom is 0.328 e. The Morgan fingerprint density at radius 2 is 2.27 bits per heavy atom. The summed E-state index contributed by atoms with van der Waals surface area (Å²) >= 11 is 0. The van der Waals surface area contributed by atoms with Crippen LogP contribution in [0, 0.1) is 6.92 Å². The fourth-order valence-corrected chi connectivity index (χ4v) is 1.04. The van der Waals surface area contributed by atoms with Crippen LogP contribution in [0.15, 0.2) is 11.0 Å². The van der Waals surface area contributed by atoms with Gasteiger partial charge in [-0.2, -0.15) is 0 Å². The summed E-state index contributed by atoms with van der Waals surface area (Å²) in [5, 5.41) is 0. The molecule has 0 fully saturated rings. The molecule has 1 aromatic heterocycles. The van der Waals surface area contributed by atoms with E-state index >= 15 is 0 Å². The molecule has 0 bridgehead atoms. The van der Waals surface area contributed by atoms with Gasteiger partial charge in [-0.3, -0.25) is 4.57 Å². The number of carbonyl (C=O) groups excluding carboxylic acids is 1. The van der Waals surface area contributed by atoms with Crippen LogP contribution in [0.5, 0.6) is 0 Å². The lowest BCUT2D eigenvalue weighted by molar-refractivity contribution is -0.108. The van der Waals surface area contributed by atoms with E-state index in [0.717, 1.165) is 5.69 Å². The van der Waals surface area contributed by atoms with Gasteiger partial charge in [0.25, 0.3) is 0 Å². The maximum atomic E-state index is 11.1. The second-order valence-electron chi connectivity index (χ2n) is 2.44. The van der Waals surface area contributed by atoms with Gasteiger partial charge in [-0.15, -0.1) is 0 Å². The van der Waals surface area contributed by atoms with Crippen molar-refractivity contribution in [1.82, 2.24) is 9.13 Å². The highest BCUT2D eigenvalue weighted by molar-refractivity contribution is 5.49. The van der Waals surface area contributed by atoms with Gasteiger partial charge in [0.2, 0.25) is 0 Å². The predicted molar refractivity (Wildman–Crippen MR) is 40.5 cm³/mol. The smallest absolute Gasteiger partial charge is 0.302 e. The topological polar surface area (TPSA) is 44.0 Å². The minimum Gasteiger partial charge on any atom is -0.302 e. The number of aldehydes is 1. The van der Waals surface area contributed by atoms with Crippen LogP contribution < -0.4 is 5.69 Å². The van der Waals surface area contributed by atoms with Gasteiger partial charge in [-0.1, -0.05) is 0 Å². The van der Waals surface area contributed by atoms with Crippen LogP contribution in [-0.2, 0) is 18.4 Å². The van der Waals surface area contributed by atoms with Crippen molar-refractivity contribution in [2.75, 3.05) is 0 Å². The highest BCUT2D eigenvalue weighted by Crippen LogP contribution is 1.91. The Balaban J connectivity index is 3.22.